The number of aryl methyl sites for hydroxylation is 1. The van der Waals surface area contributed by atoms with Crippen LogP contribution in [-0.4, -0.2) is 17.4 Å². The van der Waals surface area contributed by atoms with E-state index in [9.17, 15) is 4.79 Å². The molecule has 0 spiro atoms. The van der Waals surface area contributed by atoms with Gasteiger partial charge in [0.15, 0.2) is 0 Å². The minimum absolute atomic E-state index is 0.0496. The number of hydrogen-bond acceptors (Lipinski definition) is 3. The van der Waals surface area contributed by atoms with Gasteiger partial charge in [0.1, 0.15) is 7.11 Å². The van der Waals surface area contributed by atoms with E-state index in [1.807, 2.05) is 16.8 Å². The lowest BCUT2D eigenvalue weighted by atomic mass is 9.83. The van der Waals surface area contributed by atoms with Gasteiger partial charge in [0.2, 0.25) is 0 Å². The molecule has 160 valence electrons. The highest BCUT2D eigenvalue weighted by Crippen LogP contribution is 2.33. The topological polar surface area (TPSA) is 43.6 Å². The third kappa shape index (κ3) is 4.82. The van der Waals surface area contributed by atoms with Crippen LogP contribution in [0.3, 0.4) is 0 Å². The maximum absolute atomic E-state index is 12.4. The quantitative estimate of drug-likeness (QED) is 0.299. The number of nitrogens with zero attached hydrogens (tertiary/aromatic N) is 2. The van der Waals surface area contributed by atoms with Crippen molar-refractivity contribution in [3.8, 4) is 0 Å². The summed E-state index contributed by atoms with van der Waals surface area (Å²) in [5.41, 5.74) is 5.55. The first-order valence-corrected chi connectivity index (χ1v) is 11.5. The maximum Gasteiger partial charge on any atom is 0.250 e. The van der Waals surface area contributed by atoms with Crippen LogP contribution in [0.1, 0.15) is 59.9 Å². The monoisotopic (exact) mass is 478 g/mol. The van der Waals surface area contributed by atoms with Gasteiger partial charge in [-0.2, -0.15) is 0 Å². The summed E-state index contributed by atoms with van der Waals surface area (Å²) < 4.78 is 2.92. The van der Waals surface area contributed by atoms with Crippen LogP contribution in [0.4, 0.5) is 0 Å². The Morgan fingerprint density at radius 1 is 1.13 bits per heavy atom. The molecule has 1 aromatic heterocycles. The Morgan fingerprint density at radius 2 is 1.87 bits per heavy atom. The smallest absolute Gasteiger partial charge is 0.250 e. The van der Waals surface area contributed by atoms with E-state index in [0.29, 0.717) is 12.5 Å². The summed E-state index contributed by atoms with van der Waals surface area (Å²) in [4.78, 5) is 17.7. The van der Waals surface area contributed by atoms with E-state index in [1.54, 1.807) is 13.2 Å². The van der Waals surface area contributed by atoms with Crippen LogP contribution in [0.5, 0.6) is 0 Å². The summed E-state index contributed by atoms with van der Waals surface area (Å²) in [6.07, 6.45) is 5.93. The molecule has 1 atom stereocenters. The molecule has 5 heteroatoms. The molecule has 1 aliphatic rings. The van der Waals surface area contributed by atoms with Crippen LogP contribution in [0, 0.1) is 6.92 Å². The molecule has 1 aliphatic carbocycles. The van der Waals surface area contributed by atoms with Crippen molar-refractivity contribution in [2.24, 2.45) is 5.16 Å². The van der Waals surface area contributed by atoms with Crippen LogP contribution < -0.4 is 5.56 Å². The first-order chi connectivity index (χ1) is 15.1. The number of rotatable bonds is 7. The lowest BCUT2D eigenvalue weighted by Crippen LogP contribution is -2.29. The third-order valence-electron chi connectivity index (χ3n) is 6.17. The molecule has 0 amide bonds. The predicted octanol–water partition coefficient (Wildman–Crippen LogP) is 6.22. The van der Waals surface area contributed by atoms with Gasteiger partial charge in [0.25, 0.3) is 5.56 Å². The Hall–Kier alpha value is -2.66. The molecule has 0 N–H and O–H groups in total. The highest BCUT2D eigenvalue weighted by Gasteiger charge is 2.23. The molecule has 1 unspecified atom stereocenters. The molecular formula is C26H27BrN2O2. The van der Waals surface area contributed by atoms with Crippen LogP contribution in [0.15, 0.2) is 81.3 Å². The van der Waals surface area contributed by atoms with Crippen molar-refractivity contribution in [1.82, 2.24) is 4.57 Å². The maximum atomic E-state index is 12.4. The molecule has 0 bridgehead atoms. The van der Waals surface area contributed by atoms with E-state index < -0.39 is 0 Å². The molecule has 0 saturated heterocycles. The summed E-state index contributed by atoms with van der Waals surface area (Å²) in [6.45, 7) is 2.14. The van der Waals surface area contributed by atoms with Gasteiger partial charge >= 0.3 is 0 Å². The normalized spacial score (nSPS) is 15.4. The summed E-state index contributed by atoms with van der Waals surface area (Å²) >= 11 is 3.54. The van der Waals surface area contributed by atoms with Gasteiger partial charge in [-0.15, -0.1) is 0 Å². The van der Waals surface area contributed by atoms with Crippen LogP contribution in [-0.2, 0) is 4.84 Å². The number of aromatic nitrogens is 1. The van der Waals surface area contributed by atoms with Crippen LogP contribution in [0.25, 0.3) is 0 Å². The van der Waals surface area contributed by atoms with Crippen molar-refractivity contribution in [3.05, 3.63) is 104 Å². The standard InChI is InChI=1S/C26H27BrN2O2/c1-18-6-3-4-9-23(18)24(19-10-13-21(27)14-11-19)16-25(28-31-2)20-12-15-26(30)29(17-20)22-7-5-8-22/h3-4,6,9-15,17,22,24H,5,7-8,16H2,1-2H3/b28-25+. The minimum Gasteiger partial charge on any atom is -0.399 e. The Balaban J connectivity index is 1.75. The average molecular weight is 479 g/mol. The largest absolute Gasteiger partial charge is 0.399 e. The van der Waals surface area contributed by atoms with E-state index in [4.69, 9.17) is 4.84 Å². The van der Waals surface area contributed by atoms with Crippen molar-refractivity contribution < 1.29 is 4.84 Å². The summed E-state index contributed by atoms with van der Waals surface area (Å²) in [5, 5.41) is 4.40. The zero-order valence-electron chi connectivity index (χ0n) is 17.9. The fourth-order valence-electron chi connectivity index (χ4n) is 4.22. The van der Waals surface area contributed by atoms with Crippen molar-refractivity contribution in [3.63, 3.8) is 0 Å². The lowest BCUT2D eigenvalue weighted by molar-refractivity contribution is 0.212. The summed E-state index contributed by atoms with van der Waals surface area (Å²) in [5.74, 6) is 0.118. The van der Waals surface area contributed by atoms with Gasteiger partial charge in [-0.25, -0.2) is 0 Å². The molecular weight excluding hydrogens is 452 g/mol. The molecule has 1 heterocycles. The molecule has 1 fully saturated rings. The Morgan fingerprint density at radius 3 is 2.52 bits per heavy atom. The Labute approximate surface area is 191 Å². The van der Waals surface area contributed by atoms with Crippen LogP contribution in [0.2, 0.25) is 0 Å². The van der Waals surface area contributed by atoms with Crippen molar-refractivity contribution in [1.29, 1.82) is 0 Å². The highest BCUT2D eigenvalue weighted by atomic mass is 79.9. The van der Waals surface area contributed by atoms with E-state index in [2.05, 4.69) is 76.5 Å². The van der Waals surface area contributed by atoms with Gasteiger partial charge in [0, 0.05) is 40.7 Å². The lowest BCUT2D eigenvalue weighted by Gasteiger charge is -2.28. The number of oxime groups is 1. The van der Waals surface area contributed by atoms with Crippen molar-refractivity contribution in [2.75, 3.05) is 7.11 Å². The van der Waals surface area contributed by atoms with Gasteiger partial charge in [-0.05, 0) is 61.1 Å². The Bertz CT molecular complexity index is 1130. The molecule has 4 nitrogen and oxygen atoms in total. The predicted molar refractivity (Wildman–Crippen MR) is 129 cm³/mol. The molecule has 3 aromatic rings. The SMILES string of the molecule is CO/N=C(\CC(c1ccc(Br)cc1)c1ccccc1C)c1ccc(=O)n(C2CCC2)c1. The molecule has 1 saturated carbocycles. The first kappa shape index (κ1) is 21.6. The minimum atomic E-state index is 0.0496. The highest BCUT2D eigenvalue weighted by molar-refractivity contribution is 9.10. The number of halogens is 1. The summed E-state index contributed by atoms with van der Waals surface area (Å²) in [6, 6.07) is 20.8. The average Bonchev–Trinajstić information content (AvgIpc) is 2.73. The first-order valence-electron chi connectivity index (χ1n) is 10.7. The second kappa shape index (κ2) is 9.65. The third-order valence-corrected chi connectivity index (χ3v) is 6.70. The summed E-state index contributed by atoms with van der Waals surface area (Å²) in [7, 11) is 1.57. The second-order valence-corrected chi connectivity index (χ2v) is 9.05. The van der Waals surface area contributed by atoms with Gasteiger partial charge in [-0.1, -0.05) is 57.5 Å². The number of hydrogen-bond donors (Lipinski definition) is 0. The molecule has 0 aliphatic heterocycles. The zero-order valence-corrected chi connectivity index (χ0v) is 19.5. The van der Waals surface area contributed by atoms with Crippen molar-refractivity contribution in [2.45, 2.75) is 44.6 Å². The number of benzene rings is 2. The second-order valence-electron chi connectivity index (χ2n) is 8.13. The fraction of sp³-hybridized carbons (Fsp3) is 0.308. The van der Waals surface area contributed by atoms with E-state index in [0.717, 1.165) is 28.6 Å². The van der Waals surface area contributed by atoms with Gasteiger partial charge < -0.3 is 9.40 Å². The molecule has 0 radical (unpaired) electrons. The van der Waals surface area contributed by atoms with Crippen molar-refractivity contribution >= 4 is 21.6 Å². The van der Waals surface area contributed by atoms with E-state index >= 15 is 0 Å². The van der Waals surface area contributed by atoms with E-state index in [-0.39, 0.29) is 11.5 Å². The number of pyridine rings is 1. The zero-order chi connectivity index (χ0) is 21.8. The molecule has 2 aromatic carbocycles. The fourth-order valence-corrected chi connectivity index (χ4v) is 4.48. The molecule has 31 heavy (non-hydrogen) atoms. The van der Waals surface area contributed by atoms with Crippen LogP contribution >= 0.6 is 15.9 Å². The Kier molecular flexibility index (Phi) is 6.71. The van der Waals surface area contributed by atoms with Gasteiger partial charge in [0.05, 0.1) is 5.71 Å². The molecule has 4 rings (SSSR count). The van der Waals surface area contributed by atoms with Gasteiger partial charge in [-0.3, -0.25) is 4.79 Å². The van der Waals surface area contributed by atoms with E-state index in [1.165, 1.54) is 23.1 Å².